The zero-order valence-electron chi connectivity index (χ0n) is 10.2. The molecule has 0 atom stereocenters. The second-order valence-electron chi connectivity index (χ2n) is 3.70. The predicted octanol–water partition coefficient (Wildman–Crippen LogP) is 2.33. The van der Waals surface area contributed by atoms with E-state index in [2.05, 4.69) is 5.32 Å². The molecule has 0 saturated heterocycles. The maximum absolute atomic E-state index is 11.8. The van der Waals surface area contributed by atoms with Gasteiger partial charge in [0.15, 0.2) is 0 Å². The monoisotopic (exact) mass is 242 g/mol. The summed E-state index contributed by atoms with van der Waals surface area (Å²) in [7, 11) is 0. The Kier molecular flexibility index (Phi) is 5.21. The van der Waals surface area contributed by atoms with Gasteiger partial charge >= 0.3 is 6.03 Å². The average molecular weight is 242 g/mol. The summed E-state index contributed by atoms with van der Waals surface area (Å²) in [5.41, 5.74) is 1.15. The van der Waals surface area contributed by atoms with Crippen LogP contribution in [-0.2, 0) is 0 Å². The first kappa shape index (κ1) is 13.5. The number of carbonyl (C=O) groups excluding carboxylic acids is 1. The van der Waals surface area contributed by atoms with Crippen molar-refractivity contribution >= 4 is 11.7 Å². The van der Waals surface area contributed by atoms with Crippen LogP contribution in [-0.4, -0.2) is 24.0 Å². The molecule has 0 aliphatic rings. The maximum Gasteiger partial charge on any atom is 0.322 e. The smallest absolute Gasteiger partial charge is 0.311 e. The number of hydrogen-bond donors (Lipinski definition) is 1. The second kappa shape index (κ2) is 6.93. The summed E-state index contributed by atoms with van der Waals surface area (Å²) < 4.78 is 0. The molecule has 0 aliphatic carbocycles. The highest BCUT2D eigenvalue weighted by Crippen LogP contribution is 2.09. The van der Waals surface area contributed by atoms with E-state index >= 15 is 0 Å². The minimum absolute atomic E-state index is 0.0654. The Morgan fingerprint density at radius 3 is 2.50 bits per heavy atom. The van der Waals surface area contributed by atoms with Crippen LogP contribution in [0, 0.1) is 22.7 Å². The third kappa shape index (κ3) is 3.80. The van der Waals surface area contributed by atoms with Crippen LogP contribution in [0.3, 0.4) is 0 Å². The first-order valence-corrected chi connectivity index (χ1v) is 5.64. The largest absolute Gasteiger partial charge is 0.322 e. The van der Waals surface area contributed by atoms with Gasteiger partial charge in [-0.3, -0.25) is 0 Å². The predicted molar refractivity (Wildman–Crippen MR) is 67.7 cm³/mol. The number of nitrogens with one attached hydrogen (secondary N) is 1. The van der Waals surface area contributed by atoms with Crippen molar-refractivity contribution in [3.05, 3.63) is 29.8 Å². The molecule has 1 aromatic rings. The first-order valence-electron chi connectivity index (χ1n) is 5.64. The molecule has 0 radical (unpaired) electrons. The lowest BCUT2D eigenvalue weighted by atomic mass is 10.2. The number of carbonyl (C=O) groups is 1. The molecule has 18 heavy (non-hydrogen) atoms. The number of benzene rings is 1. The highest BCUT2D eigenvalue weighted by atomic mass is 16.2. The molecule has 5 heteroatoms. The molecule has 0 heterocycles. The molecule has 0 spiro atoms. The van der Waals surface area contributed by atoms with Gasteiger partial charge in [0, 0.05) is 12.2 Å². The minimum atomic E-state index is -0.303. The van der Waals surface area contributed by atoms with Crippen LogP contribution in [0.15, 0.2) is 24.3 Å². The molecule has 0 aliphatic heterocycles. The van der Waals surface area contributed by atoms with Crippen LogP contribution in [0.5, 0.6) is 0 Å². The van der Waals surface area contributed by atoms with E-state index < -0.39 is 0 Å². The summed E-state index contributed by atoms with van der Waals surface area (Å²) in [5, 5.41) is 20.0. The van der Waals surface area contributed by atoms with E-state index in [-0.39, 0.29) is 12.6 Å². The summed E-state index contributed by atoms with van der Waals surface area (Å²) in [4.78, 5) is 13.3. The summed E-state index contributed by atoms with van der Waals surface area (Å²) in [6, 6.07) is 10.2. The molecule has 1 rings (SSSR count). The van der Waals surface area contributed by atoms with Gasteiger partial charge < -0.3 is 10.2 Å². The SMILES string of the molecule is CCCN(CC#N)C(=O)Nc1ccc(C#N)cc1. The molecular formula is C13H14N4O. The van der Waals surface area contributed by atoms with E-state index in [9.17, 15) is 4.79 Å². The van der Waals surface area contributed by atoms with Gasteiger partial charge in [0.2, 0.25) is 0 Å². The molecular weight excluding hydrogens is 228 g/mol. The Labute approximate surface area is 106 Å². The van der Waals surface area contributed by atoms with Gasteiger partial charge in [0.1, 0.15) is 6.54 Å². The fourth-order valence-corrected chi connectivity index (χ4v) is 1.44. The lowest BCUT2D eigenvalue weighted by Gasteiger charge is -2.19. The fraction of sp³-hybridized carbons (Fsp3) is 0.308. The number of rotatable bonds is 4. The van der Waals surface area contributed by atoms with Crippen LogP contribution in [0.25, 0.3) is 0 Å². The Morgan fingerprint density at radius 2 is 2.00 bits per heavy atom. The standard InChI is InChI=1S/C13H14N4O/c1-2-8-17(9-7-14)13(18)16-12-5-3-11(10-15)4-6-12/h3-6H,2,8-9H2,1H3,(H,16,18). The van der Waals surface area contributed by atoms with Gasteiger partial charge in [-0.15, -0.1) is 0 Å². The quantitative estimate of drug-likeness (QED) is 0.823. The van der Waals surface area contributed by atoms with Crippen molar-refractivity contribution in [3.63, 3.8) is 0 Å². The van der Waals surface area contributed by atoms with Crippen molar-refractivity contribution in [2.45, 2.75) is 13.3 Å². The second-order valence-corrected chi connectivity index (χ2v) is 3.70. The van der Waals surface area contributed by atoms with E-state index in [4.69, 9.17) is 10.5 Å². The number of amides is 2. The van der Waals surface area contributed by atoms with Crippen molar-refractivity contribution < 1.29 is 4.79 Å². The Morgan fingerprint density at radius 1 is 1.33 bits per heavy atom. The van der Waals surface area contributed by atoms with Gasteiger partial charge in [0.25, 0.3) is 0 Å². The molecule has 0 bridgehead atoms. The van der Waals surface area contributed by atoms with E-state index in [0.717, 1.165) is 6.42 Å². The minimum Gasteiger partial charge on any atom is -0.311 e. The van der Waals surface area contributed by atoms with Crippen LogP contribution in [0.4, 0.5) is 10.5 Å². The van der Waals surface area contributed by atoms with Crippen molar-refractivity contribution in [2.75, 3.05) is 18.4 Å². The lowest BCUT2D eigenvalue weighted by molar-refractivity contribution is 0.218. The number of hydrogen-bond acceptors (Lipinski definition) is 3. The third-order valence-electron chi connectivity index (χ3n) is 2.31. The van der Waals surface area contributed by atoms with Crippen LogP contribution < -0.4 is 5.32 Å². The lowest BCUT2D eigenvalue weighted by Crippen LogP contribution is -2.35. The Bertz CT molecular complexity index is 481. The Hall–Kier alpha value is -2.53. The van der Waals surface area contributed by atoms with Gasteiger partial charge in [-0.1, -0.05) is 6.92 Å². The highest BCUT2D eigenvalue weighted by molar-refractivity contribution is 5.89. The van der Waals surface area contributed by atoms with Crippen LogP contribution in [0.2, 0.25) is 0 Å². The first-order chi connectivity index (χ1) is 8.71. The highest BCUT2D eigenvalue weighted by Gasteiger charge is 2.11. The van der Waals surface area contributed by atoms with Gasteiger partial charge in [-0.2, -0.15) is 10.5 Å². The van der Waals surface area contributed by atoms with Crippen LogP contribution >= 0.6 is 0 Å². The summed E-state index contributed by atoms with van der Waals surface area (Å²) >= 11 is 0. The fourth-order valence-electron chi connectivity index (χ4n) is 1.44. The van der Waals surface area contributed by atoms with E-state index in [1.165, 1.54) is 4.90 Å². The molecule has 0 unspecified atom stereocenters. The number of urea groups is 1. The van der Waals surface area contributed by atoms with Gasteiger partial charge in [-0.05, 0) is 30.7 Å². The molecule has 2 amide bonds. The molecule has 0 saturated carbocycles. The molecule has 5 nitrogen and oxygen atoms in total. The summed E-state index contributed by atoms with van der Waals surface area (Å²) in [5.74, 6) is 0. The molecule has 0 fully saturated rings. The third-order valence-corrected chi connectivity index (χ3v) is 2.31. The van der Waals surface area contributed by atoms with Crippen molar-refractivity contribution in [1.82, 2.24) is 4.90 Å². The zero-order valence-corrected chi connectivity index (χ0v) is 10.2. The topological polar surface area (TPSA) is 79.9 Å². The average Bonchev–Trinajstić information content (AvgIpc) is 2.39. The number of nitrogens with zero attached hydrogens (tertiary/aromatic N) is 3. The molecule has 1 N–H and O–H groups in total. The summed E-state index contributed by atoms with van der Waals surface area (Å²) in [6.07, 6.45) is 0.794. The van der Waals surface area contributed by atoms with Crippen molar-refractivity contribution in [2.24, 2.45) is 0 Å². The van der Waals surface area contributed by atoms with E-state index in [1.807, 2.05) is 19.1 Å². The molecule has 0 aromatic heterocycles. The van der Waals surface area contributed by atoms with Crippen molar-refractivity contribution in [1.29, 1.82) is 10.5 Å². The molecule has 1 aromatic carbocycles. The van der Waals surface area contributed by atoms with E-state index in [0.29, 0.717) is 17.8 Å². The maximum atomic E-state index is 11.8. The number of nitriles is 2. The molecule has 92 valence electrons. The summed E-state index contributed by atoms with van der Waals surface area (Å²) in [6.45, 7) is 2.55. The van der Waals surface area contributed by atoms with Gasteiger partial charge in [0.05, 0.1) is 17.7 Å². The Balaban J connectivity index is 2.67. The van der Waals surface area contributed by atoms with Gasteiger partial charge in [-0.25, -0.2) is 4.79 Å². The number of anilines is 1. The van der Waals surface area contributed by atoms with Crippen LogP contribution in [0.1, 0.15) is 18.9 Å². The van der Waals surface area contributed by atoms with Crippen molar-refractivity contribution in [3.8, 4) is 12.1 Å². The zero-order chi connectivity index (χ0) is 13.4. The van der Waals surface area contributed by atoms with E-state index in [1.54, 1.807) is 24.3 Å². The normalized spacial score (nSPS) is 9.06.